The fourth-order valence-electron chi connectivity index (χ4n) is 1.68. The molecule has 1 atom stereocenters. The molecule has 0 saturated carbocycles. The van der Waals surface area contributed by atoms with E-state index in [9.17, 15) is 18.0 Å². The van der Waals surface area contributed by atoms with Crippen molar-refractivity contribution in [2.24, 2.45) is 0 Å². The van der Waals surface area contributed by atoms with E-state index in [1.54, 1.807) is 19.1 Å². The number of hydrogen-bond donors (Lipinski definition) is 0. The summed E-state index contributed by atoms with van der Waals surface area (Å²) in [5.41, 5.74) is 0.0975. The molecule has 0 aliphatic heterocycles. The van der Waals surface area contributed by atoms with Gasteiger partial charge in [0.05, 0.1) is 5.25 Å². The summed E-state index contributed by atoms with van der Waals surface area (Å²) in [4.78, 5) is 12.7. The third kappa shape index (κ3) is 3.42. The van der Waals surface area contributed by atoms with E-state index in [-0.39, 0.29) is 17.2 Å². The lowest BCUT2D eigenvalue weighted by Crippen LogP contribution is -2.13. The van der Waals surface area contributed by atoms with Crippen LogP contribution in [0.5, 0.6) is 0 Å². The molecule has 1 unspecified atom stereocenters. The average molecular weight is 296 g/mol. The Morgan fingerprint density at radius 2 is 1.80 bits per heavy atom. The molecule has 0 bridgehead atoms. The van der Waals surface area contributed by atoms with Gasteiger partial charge < -0.3 is 0 Å². The molecule has 0 spiro atoms. The zero-order valence-electron chi connectivity index (χ0n) is 10.6. The second-order valence-electron chi connectivity index (χ2n) is 4.21. The lowest BCUT2D eigenvalue weighted by Gasteiger charge is -2.10. The van der Waals surface area contributed by atoms with Crippen LogP contribution in [0.25, 0.3) is 0 Å². The minimum Gasteiger partial charge on any atom is -0.293 e. The number of Topliss-reactive ketones (excluding diaryl/α,β-unsaturated/α-hetero) is 1. The standard InChI is InChI=1S/C15H11F3OS/c1-9(20-12-4-2-3-11(16)8-12)15(19)10-5-6-13(17)14(18)7-10/h2-9H,1H3. The van der Waals surface area contributed by atoms with Gasteiger partial charge in [0.15, 0.2) is 17.4 Å². The van der Waals surface area contributed by atoms with Crippen LogP contribution in [0.1, 0.15) is 17.3 Å². The first kappa shape index (κ1) is 14.7. The Morgan fingerprint density at radius 3 is 2.45 bits per heavy atom. The van der Waals surface area contributed by atoms with Gasteiger partial charge in [0.2, 0.25) is 0 Å². The molecular weight excluding hydrogens is 285 g/mol. The van der Waals surface area contributed by atoms with Gasteiger partial charge in [0.1, 0.15) is 5.82 Å². The molecule has 1 nitrogen and oxygen atoms in total. The van der Waals surface area contributed by atoms with Crippen LogP contribution in [-0.2, 0) is 0 Å². The van der Waals surface area contributed by atoms with Gasteiger partial charge in [-0.15, -0.1) is 11.8 Å². The molecule has 0 aliphatic rings. The van der Waals surface area contributed by atoms with Gasteiger partial charge in [-0.05, 0) is 43.3 Å². The number of benzene rings is 2. The second kappa shape index (κ2) is 6.13. The van der Waals surface area contributed by atoms with Crippen molar-refractivity contribution in [1.82, 2.24) is 0 Å². The van der Waals surface area contributed by atoms with Crippen LogP contribution in [0, 0.1) is 17.5 Å². The van der Waals surface area contributed by atoms with Crippen molar-refractivity contribution in [3.63, 3.8) is 0 Å². The molecule has 2 rings (SSSR count). The fourth-order valence-corrected chi connectivity index (χ4v) is 2.67. The van der Waals surface area contributed by atoms with Crippen LogP contribution in [0.3, 0.4) is 0 Å². The lowest BCUT2D eigenvalue weighted by molar-refractivity contribution is 0.0993. The van der Waals surface area contributed by atoms with Gasteiger partial charge in [-0.1, -0.05) is 6.07 Å². The number of carbonyl (C=O) groups is 1. The second-order valence-corrected chi connectivity index (χ2v) is 5.62. The molecule has 20 heavy (non-hydrogen) atoms. The molecule has 0 radical (unpaired) electrons. The van der Waals surface area contributed by atoms with Crippen molar-refractivity contribution in [3.05, 3.63) is 65.5 Å². The van der Waals surface area contributed by atoms with Crippen molar-refractivity contribution in [1.29, 1.82) is 0 Å². The van der Waals surface area contributed by atoms with E-state index in [2.05, 4.69) is 0 Å². The van der Waals surface area contributed by atoms with Crippen molar-refractivity contribution < 1.29 is 18.0 Å². The third-order valence-corrected chi connectivity index (χ3v) is 3.78. The highest BCUT2D eigenvalue weighted by Crippen LogP contribution is 2.26. The van der Waals surface area contributed by atoms with E-state index < -0.39 is 16.9 Å². The van der Waals surface area contributed by atoms with E-state index in [4.69, 9.17) is 0 Å². The van der Waals surface area contributed by atoms with E-state index >= 15 is 0 Å². The van der Waals surface area contributed by atoms with Gasteiger partial charge in [-0.2, -0.15) is 0 Å². The third-order valence-electron chi connectivity index (χ3n) is 2.68. The first-order chi connectivity index (χ1) is 9.47. The van der Waals surface area contributed by atoms with Gasteiger partial charge in [-0.3, -0.25) is 4.79 Å². The Bertz CT molecular complexity index is 643. The topological polar surface area (TPSA) is 17.1 Å². The number of rotatable bonds is 4. The van der Waals surface area contributed by atoms with Crippen LogP contribution in [-0.4, -0.2) is 11.0 Å². The van der Waals surface area contributed by atoms with Gasteiger partial charge in [-0.25, -0.2) is 13.2 Å². The van der Waals surface area contributed by atoms with E-state index in [0.717, 1.165) is 23.9 Å². The zero-order chi connectivity index (χ0) is 14.7. The van der Waals surface area contributed by atoms with Gasteiger partial charge in [0.25, 0.3) is 0 Å². The SMILES string of the molecule is CC(Sc1cccc(F)c1)C(=O)c1ccc(F)c(F)c1. The smallest absolute Gasteiger partial charge is 0.175 e. The summed E-state index contributed by atoms with van der Waals surface area (Å²) in [6.45, 7) is 1.64. The van der Waals surface area contributed by atoms with Gasteiger partial charge >= 0.3 is 0 Å². The summed E-state index contributed by atoms with van der Waals surface area (Å²) in [6, 6.07) is 8.90. The first-order valence-corrected chi connectivity index (χ1v) is 6.77. The van der Waals surface area contributed by atoms with Gasteiger partial charge in [0, 0.05) is 10.5 Å². The number of halogens is 3. The number of thioether (sulfide) groups is 1. The molecule has 2 aromatic carbocycles. The van der Waals surface area contributed by atoms with Crippen molar-refractivity contribution >= 4 is 17.5 Å². The maximum atomic E-state index is 13.1. The number of hydrogen-bond acceptors (Lipinski definition) is 2. The Labute approximate surface area is 118 Å². The highest BCUT2D eigenvalue weighted by atomic mass is 32.2. The van der Waals surface area contributed by atoms with Crippen LogP contribution in [0.2, 0.25) is 0 Å². The molecule has 0 amide bonds. The quantitative estimate of drug-likeness (QED) is 0.612. The number of carbonyl (C=O) groups excluding carboxylic acids is 1. The Hall–Kier alpha value is -1.75. The first-order valence-electron chi connectivity index (χ1n) is 5.89. The molecule has 0 saturated heterocycles. The Balaban J connectivity index is 2.14. The van der Waals surface area contributed by atoms with Crippen molar-refractivity contribution in [3.8, 4) is 0 Å². The monoisotopic (exact) mass is 296 g/mol. The molecule has 0 heterocycles. The molecule has 5 heteroatoms. The minimum atomic E-state index is -1.06. The highest BCUT2D eigenvalue weighted by Gasteiger charge is 2.18. The van der Waals surface area contributed by atoms with Crippen molar-refractivity contribution in [2.75, 3.05) is 0 Å². The summed E-state index contributed by atoms with van der Waals surface area (Å²) in [5.74, 6) is -2.77. The van der Waals surface area contributed by atoms with Crippen molar-refractivity contribution in [2.45, 2.75) is 17.1 Å². The molecule has 0 fully saturated rings. The molecule has 2 aromatic rings. The van der Waals surface area contributed by atoms with Crippen LogP contribution < -0.4 is 0 Å². The maximum Gasteiger partial charge on any atom is 0.175 e. The fraction of sp³-hybridized carbons (Fsp3) is 0.133. The Kier molecular flexibility index (Phi) is 4.49. The lowest BCUT2D eigenvalue weighted by atomic mass is 10.1. The number of ketones is 1. The normalized spacial score (nSPS) is 12.2. The maximum absolute atomic E-state index is 13.1. The largest absolute Gasteiger partial charge is 0.293 e. The molecule has 0 aliphatic carbocycles. The molecule has 104 valence electrons. The zero-order valence-corrected chi connectivity index (χ0v) is 11.4. The summed E-state index contributed by atoms with van der Waals surface area (Å²) in [6.07, 6.45) is 0. The minimum absolute atomic E-state index is 0.0975. The predicted octanol–water partition coefficient (Wildman–Crippen LogP) is 4.47. The van der Waals surface area contributed by atoms with Crippen LogP contribution in [0.15, 0.2) is 47.4 Å². The predicted molar refractivity (Wildman–Crippen MR) is 72.4 cm³/mol. The molecule has 0 N–H and O–H groups in total. The van der Waals surface area contributed by atoms with E-state index in [0.29, 0.717) is 4.90 Å². The van der Waals surface area contributed by atoms with E-state index in [1.165, 1.54) is 18.2 Å². The summed E-state index contributed by atoms with van der Waals surface area (Å²) in [7, 11) is 0. The summed E-state index contributed by atoms with van der Waals surface area (Å²) >= 11 is 1.16. The van der Waals surface area contributed by atoms with Crippen LogP contribution in [0.4, 0.5) is 13.2 Å². The highest BCUT2D eigenvalue weighted by molar-refractivity contribution is 8.00. The summed E-state index contributed by atoms with van der Waals surface area (Å²) in [5, 5.41) is -0.526. The van der Waals surface area contributed by atoms with E-state index in [1.807, 2.05) is 0 Å². The Morgan fingerprint density at radius 1 is 1.05 bits per heavy atom. The molecular formula is C15H11F3OS. The van der Waals surface area contributed by atoms with Crippen LogP contribution >= 0.6 is 11.8 Å². The molecule has 0 aromatic heterocycles. The summed E-state index contributed by atoms with van der Waals surface area (Å²) < 4.78 is 39.0. The average Bonchev–Trinajstić information content (AvgIpc) is 2.41.